The van der Waals surface area contributed by atoms with Crippen molar-refractivity contribution in [3.05, 3.63) is 75.8 Å². The predicted molar refractivity (Wildman–Crippen MR) is 114 cm³/mol. The number of ether oxygens (including phenoxy) is 2. The summed E-state index contributed by atoms with van der Waals surface area (Å²) in [6.45, 7) is 4.03. The molecule has 2 aromatic carbocycles. The van der Waals surface area contributed by atoms with Gasteiger partial charge in [0, 0.05) is 23.6 Å². The molecule has 29 heavy (non-hydrogen) atoms. The van der Waals surface area contributed by atoms with Crippen LogP contribution in [-0.2, 0) is 0 Å². The van der Waals surface area contributed by atoms with Crippen molar-refractivity contribution in [2.75, 3.05) is 20.0 Å². The minimum Gasteiger partial charge on any atom is -0.493 e. The van der Waals surface area contributed by atoms with Crippen molar-refractivity contribution in [3.63, 3.8) is 0 Å². The predicted octanol–water partition coefficient (Wildman–Crippen LogP) is 3.84. The summed E-state index contributed by atoms with van der Waals surface area (Å²) in [5, 5.41) is 0.277. The quantitative estimate of drug-likeness (QED) is 0.435. The van der Waals surface area contributed by atoms with Crippen molar-refractivity contribution in [1.29, 1.82) is 0 Å². The summed E-state index contributed by atoms with van der Waals surface area (Å²) in [7, 11) is 3.06. The number of hydrogen-bond acceptors (Lipinski definition) is 6. The van der Waals surface area contributed by atoms with E-state index in [1.54, 1.807) is 35.2 Å². The zero-order chi connectivity index (χ0) is 21.0. The van der Waals surface area contributed by atoms with Crippen LogP contribution in [0.1, 0.15) is 21.5 Å². The molecule has 0 aliphatic rings. The number of aromatic nitrogens is 2. The van der Waals surface area contributed by atoms with Crippen LogP contribution in [0.5, 0.6) is 11.5 Å². The first-order valence-corrected chi connectivity index (χ1v) is 9.96. The number of aryl methyl sites for hydroxylation is 2. The lowest BCUT2D eigenvalue weighted by Crippen LogP contribution is -2.21. The topological polar surface area (TPSA) is 70.4 Å². The van der Waals surface area contributed by atoms with Crippen molar-refractivity contribution < 1.29 is 14.3 Å². The molecule has 0 amide bonds. The third-order valence-corrected chi connectivity index (χ3v) is 5.58. The molecular formula is C22H22N2O4S. The van der Waals surface area contributed by atoms with Gasteiger partial charge in [-0.2, -0.15) is 0 Å². The second-order valence-electron chi connectivity index (χ2n) is 6.46. The Kier molecular flexibility index (Phi) is 6.39. The van der Waals surface area contributed by atoms with E-state index in [-0.39, 0.29) is 22.1 Å². The highest BCUT2D eigenvalue weighted by Crippen LogP contribution is 2.28. The Balaban J connectivity index is 1.80. The minimum atomic E-state index is -0.249. The van der Waals surface area contributed by atoms with E-state index in [1.807, 2.05) is 32.0 Å². The van der Waals surface area contributed by atoms with Gasteiger partial charge in [-0.25, -0.2) is 4.98 Å². The normalized spacial score (nSPS) is 10.6. The molecule has 1 heterocycles. The lowest BCUT2D eigenvalue weighted by Gasteiger charge is -2.10. The van der Waals surface area contributed by atoms with Crippen LogP contribution in [0.25, 0.3) is 5.69 Å². The second-order valence-corrected chi connectivity index (χ2v) is 7.42. The fourth-order valence-corrected chi connectivity index (χ4v) is 3.59. The van der Waals surface area contributed by atoms with Crippen LogP contribution in [0.4, 0.5) is 0 Å². The highest BCUT2D eigenvalue weighted by molar-refractivity contribution is 7.99. The van der Waals surface area contributed by atoms with Crippen molar-refractivity contribution in [2.45, 2.75) is 18.9 Å². The smallest absolute Gasteiger partial charge is 0.287 e. The van der Waals surface area contributed by atoms with Crippen molar-refractivity contribution in [2.24, 2.45) is 0 Å². The van der Waals surface area contributed by atoms with Gasteiger partial charge in [0.1, 0.15) is 0 Å². The van der Waals surface area contributed by atoms with Gasteiger partial charge in [0.25, 0.3) is 5.56 Å². The van der Waals surface area contributed by atoms with Crippen LogP contribution in [0.15, 0.2) is 58.6 Å². The average Bonchev–Trinajstić information content (AvgIpc) is 2.74. The molecule has 0 N–H and O–H groups in total. The number of benzene rings is 2. The molecule has 0 saturated heterocycles. The van der Waals surface area contributed by atoms with Crippen LogP contribution in [0, 0.1) is 13.8 Å². The van der Waals surface area contributed by atoms with E-state index in [2.05, 4.69) is 4.98 Å². The number of carbonyl (C=O) groups excluding carboxylic acids is 1. The second kappa shape index (κ2) is 8.96. The molecule has 0 radical (unpaired) electrons. The average molecular weight is 410 g/mol. The largest absolute Gasteiger partial charge is 0.493 e. The van der Waals surface area contributed by atoms with Gasteiger partial charge in [-0.3, -0.25) is 14.2 Å². The summed E-state index contributed by atoms with van der Waals surface area (Å²) in [4.78, 5) is 29.6. The van der Waals surface area contributed by atoms with Gasteiger partial charge in [-0.1, -0.05) is 17.8 Å². The maximum atomic E-state index is 12.8. The minimum absolute atomic E-state index is 0.0919. The summed E-state index contributed by atoms with van der Waals surface area (Å²) < 4.78 is 12.0. The Morgan fingerprint density at radius 2 is 1.79 bits per heavy atom. The standard InChI is InChI=1S/C22H22N2O4S/c1-14-5-7-17(11-15(14)2)24-10-9-23-21(22(24)26)29-13-18(25)16-6-8-19(27-3)20(12-16)28-4/h5-12H,13H2,1-4H3. The summed E-state index contributed by atoms with van der Waals surface area (Å²) in [6.07, 6.45) is 3.20. The Bertz CT molecular complexity index is 1110. The molecule has 0 saturated carbocycles. The van der Waals surface area contributed by atoms with Gasteiger partial charge in [-0.05, 0) is 55.3 Å². The number of hydrogen-bond donors (Lipinski definition) is 0. The lowest BCUT2D eigenvalue weighted by molar-refractivity contribution is 0.102. The maximum absolute atomic E-state index is 12.8. The van der Waals surface area contributed by atoms with Gasteiger partial charge >= 0.3 is 0 Å². The number of nitrogens with zero attached hydrogens (tertiary/aromatic N) is 2. The molecule has 0 aliphatic heterocycles. The number of Topliss-reactive ketones (excluding diaryl/α,β-unsaturated/α-hetero) is 1. The highest BCUT2D eigenvalue weighted by atomic mass is 32.2. The molecule has 6 nitrogen and oxygen atoms in total. The van der Waals surface area contributed by atoms with Gasteiger partial charge in [-0.15, -0.1) is 0 Å². The van der Waals surface area contributed by atoms with Crippen LogP contribution >= 0.6 is 11.8 Å². The van der Waals surface area contributed by atoms with E-state index in [9.17, 15) is 9.59 Å². The fraction of sp³-hybridized carbons (Fsp3) is 0.227. The van der Waals surface area contributed by atoms with E-state index in [1.165, 1.54) is 14.2 Å². The summed E-state index contributed by atoms with van der Waals surface area (Å²) >= 11 is 1.12. The Hall–Kier alpha value is -3.06. The lowest BCUT2D eigenvalue weighted by atomic mass is 10.1. The maximum Gasteiger partial charge on any atom is 0.287 e. The first-order chi connectivity index (χ1) is 13.9. The monoisotopic (exact) mass is 410 g/mol. The van der Waals surface area contributed by atoms with Gasteiger partial charge < -0.3 is 9.47 Å². The van der Waals surface area contributed by atoms with E-state index in [4.69, 9.17) is 9.47 Å². The Morgan fingerprint density at radius 1 is 1.03 bits per heavy atom. The molecule has 0 atom stereocenters. The van der Waals surface area contributed by atoms with E-state index in [0.717, 1.165) is 28.6 Å². The Morgan fingerprint density at radius 3 is 2.48 bits per heavy atom. The van der Waals surface area contributed by atoms with E-state index in [0.29, 0.717) is 17.1 Å². The molecule has 0 bridgehead atoms. The Labute approximate surface area is 173 Å². The first kappa shape index (κ1) is 20.7. The van der Waals surface area contributed by atoms with Crippen molar-refractivity contribution in [1.82, 2.24) is 9.55 Å². The molecular weight excluding hydrogens is 388 g/mol. The molecule has 0 unspecified atom stereocenters. The SMILES string of the molecule is COc1ccc(C(=O)CSc2nccn(-c3ccc(C)c(C)c3)c2=O)cc1OC. The summed E-state index contributed by atoms with van der Waals surface area (Å²) in [6, 6.07) is 10.8. The number of carbonyl (C=O) groups is 1. The zero-order valence-corrected chi connectivity index (χ0v) is 17.6. The van der Waals surface area contributed by atoms with Crippen molar-refractivity contribution >= 4 is 17.5 Å². The summed E-state index contributed by atoms with van der Waals surface area (Å²) in [5.41, 5.74) is 3.27. The molecule has 3 rings (SSSR count). The van der Waals surface area contributed by atoms with Gasteiger partial charge in [0.2, 0.25) is 0 Å². The molecule has 0 fully saturated rings. The van der Waals surface area contributed by atoms with Crippen LogP contribution < -0.4 is 15.0 Å². The fourth-order valence-electron chi connectivity index (χ4n) is 2.80. The zero-order valence-electron chi connectivity index (χ0n) is 16.8. The molecule has 0 spiro atoms. The third kappa shape index (κ3) is 4.51. The number of ketones is 1. The molecule has 0 aliphatic carbocycles. The molecule has 7 heteroatoms. The number of rotatable bonds is 7. The highest BCUT2D eigenvalue weighted by Gasteiger charge is 2.14. The van der Waals surface area contributed by atoms with Crippen molar-refractivity contribution in [3.8, 4) is 17.2 Å². The third-order valence-electron chi connectivity index (χ3n) is 4.62. The van der Waals surface area contributed by atoms with Crippen LogP contribution in [-0.4, -0.2) is 35.3 Å². The molecule has 3 aromatic rings. The van der Waals surface area contributed by atoms with Gasteiger partial charge in [0.15, 0.2) is 22.3 Å². The first-order valence-electron chi connectivity index (χ1n) is 8.98. The van der Waals surface area contributed by atoms with Crippen LogP contribution in [0.3, 0.4) is 0 Å². The van der Waals surface area contributed by atoms with Gasteiger partial charge in [0.05, 0.1) is 20.0 Å². The summed E-state index contributed by atoms with van der Waals surface area (Å²) in [5.74, 6) is 1.00. The molecule has 1 aromatic heterocycles. The molecule has 150 valence electrons. The number of methoxy groups -OCH3 is 2. The van der Waals surface area contributed by atoms with Crippen LogP contribution in [0.2, 0.25) is 0 Å². The van der Waals surface area contributed by atoms with E-state index >= 15 is 0 Å². The number of thioether (sulfide) groups is 1. The van der Waals surface area contributed by atoms with E-state index < -0.39 is 0 Å².